The Kier molecular flexibility index (Phi) is 5.19. The number of aryl methyl sites for hydroxylation is 1. The van der Waals surface area contributed by atoms with Crippen LogP contribution in [0.2, 0.25) is 0 Å². The molecule has 0 aliphatic heterocycles. The number of rotatable bonds is 1. The highest BCUT2D eigenvalue weighted by molar-refractivity contribution is 5.85. The van der Waals surface area contributed by atoms with Crippen LogP contribution in [0.25, 0.3) is 5.69 Å². The van der Waals surface area contributed by atoms with Crippen molar-refractivity contribution in [2.24, 2.45) is 0 Å². The van der Waals surface area contributed by atoms with E-state index in [-0.39, 0.29) is 30.6 Å². The van der Waals surface area contributed by atoms with E-state index < -0.39 is 0 Å². The van der Waals surface area contributed by atoms with Gasteiger partial charge in [0.05, 0.1) is 12.0 Å². The second kappa shape index (κ2) is 5.63. The van der Waals surface area contributed by atoms with E-state index in [0.717, 1.165) is 11.4 Å². The molecule has 1 heterocycles. The molecule has 0 fully saturated rings. The molecule has 0 aliphatic rings. The van der Waals surface area contributed by atoms with Crippen molar-refractivity contribution in [1.82, 2.24) is 9.55 Å². The molecule has 0 unspecified atom stereocenters. The van der Waals surface area contributed by atoms with Gasteiger partial charge in [-0.25, -0.2) is 4.98 Å². The Bertz CT molecular complexity index is 412. The van der Waals surface area contributed by atoms with Gasteiger partial charge in [-0.1, -0.05) is 0 Å². The van der Waals surface area contributed by atoms with Gasteiger partial charge in [0.25, 0.3) is 0 Å². The maximum absolute atomic E-state index is 9.08. The van der Waals surface area contributed by atoms with Gasteiger partial charge in [0.2, 0.25) is 0 Å². The van der Waals surface area contributed by atoms with Gasteiger partial charge < -0.3 is 9.67 Å². The van der Waals surface area contributed by atoms with E-state index in [4.69, 9.17) is 5.11 Å². The summed E-state index contributed by atoms with van der Waals surface area (Å²) in [4.78, 5) is 4.12. The maximum Gasteiger partial charge on any atom is 0.115 e. The molecule has 0 saturated heterocycles. The molecule has 5 heteroatoms. The Labute approximate surface area is 101 Å². The highest BCUT2D eigenvalue weighted by Gasteiger charge is 1.96. The smallest absolute Gasteiger partial charge is 0.115 e. The minimum absolute atomic E-state index is 0. The van der Waals surface area contributed by atoms with Crippen molar-refractivity contribution >= 4 is 24.8 Å². The Hall–Kier alpha value is -1.19. The van der Waals surface area contributed by atoms with Crippen LogP contribution in [-0.2, 0) is 0 Å². The van der Waals surface area contributed by atoms with Crippen molar-refractivity contribution in [3.8, 4) is 11.4 Å². The van der Waals surface area contributed by atoms with Gasteiger partial charge in [-0.15, -0.1) is 24.8 Å². The number of halogens is 2. The van der Waals surface area contributed by atoms with Crippen LogP contribution in [0, 0.1) is 6.92 Å². The third-order valence-electron chi connectivity index (χ3n) is 1.86. The molecule has 0 atom stereocenters. The molecule has 0 amide bonds. The van der Waals surface area contributed by atoms with E-state index in [2.05, 4.69) is 4.98 Å². The molecule has 2 rings (SSSR count). The van der Waals surface area contributed by atoms with Crippen molar-refractivity contribution in [2.45, 2.75) is 6.92 Å². The standard InChI is InChI=1S/C10H10N2O.2ClH/c1-8-6-12(7-11-8)9-2-4-10(13)5-3-9;;/h2-7,13H,1H3;2*1H. The SMILES string of the molecule is Cc1cn(-c2ccc(O)cc2)cn1.Cl.Cl. The molecule has 0 spiro atoms. The largest absolute Gasteiger partial charge is 0.508 e. The number of imidazole rings is 1. The number of nitrogens with zero attached hydrogens (tertiary/aromatic N) is 2. The molecule has 3 nitrogen and oxygen atoms in total. The molecular weight excluding hydrogens is 235 g/mol. The highest BCUT2D eigenvalue weighted by Crippen LogP contribution is 2.13. The number of aromatic hydroxyl groups is 1. The van der Waals surface area contributed by atoms with Crippen LogP contribution < -0.4 is 0 Å². The monoisotopic (exact) mass is 246 g/mol. The molecule has 82 valence electrons. The number of hydrogen-bond acceptors (Lipinski definition) is 2. The molecule has 0 radical (unpaired) electrons. The van der Waals surface area contributed by atoms with E-state index >= 15 is 0 Å². The number of aromatic nitrogens is 2. The fourth-order valence-corrected chi connectivity index (χ4v) is 1.19. The first-order valence-corrected chi connectivity index (χ1v) is 4.06. The molecule has 15 heavy (non-hydrogen) atoms. The molecule has 1 N–H and O–H groups in total. The summed E-state index contributed by atoms with van der Waals surface area (Å²) in [6.45, 7) is 1.94. The molecule has 1 aromatic heterocycles. The zero-order valence-electron chi connectivity index (χ0n) is 8.12. The van der Waals surface area contributed by atoms with E-state index in [9.17, 15) is 0 Å². The average Bonchev–Trinajstić information content (AvgIpc) is 2.53. The van der Waals surface area contributed by atoms with Crippen LogP contribution in [0.5, 0.6) is 5.75 Å². The molecule has 0 saturated carbocycles. The van der Waals surface area contributed by atoms with Crippen LogP contribution in [0.4, 0.5) is 0 Å². The Morgan fingerprint density at radius 1 is 1.13 bits per heavy atom. The van der Waals surface area contributed by atoms with Gasteiger partial charge in [0.1, 0.15) is 5.75 Å². The summed E-state index contributed by atoms with van der Waals surface area (Å²) in [5, 5.41) is 9.08. The fourth-order valence-electron chi connectivity index (χ4n) is 1.19. The second-order valence-corrected chi connectivity index (χ2v) is 2.94. The van der Waals surface area contributed by atoms with Crippen LogP contribution in [0.3, 0.4) is 0 Å². The topological polar surface area (TPSA) is 38.0 Å². The summed E-state index contributed by atoms with van der Waals surface area (Å²) >= 11 is 0. The van der Waals surface area contributed by atoms with Crippen molar-refractivity contribution in [2.75, 3.05) is 0 Å². The fraction of sp³-hybridized carbons (Fsp3) is 0.100. The van der Waals surface area contributed by atoms with Gasteiger partial charge in [-0.2, -0.15) is 0 Å². The lowest BCUT2D eigenvalue weighted by molar-refractivity contribution is 0.475. The number of hydrogen-bond donors (Lipinski definition) is 1. The zero-order chi connectivity index (χ0) is 9.26. The normalized spacial score (nSPS) is 8.87. The van der Waals surface area contributed by atoms with Gasteiger partial charge in [0, 0.05) is 11.9 Å². The third-order valence-corrected chi connectivity index (χ3v) is 1.86. The molecule has 0 bridgehead atoms. The van der Waals surface area contributed by atoms with Crippen LogP contribution in [0.15, 0.2) is 36.8 Å². The van der Waals surface area contributed by atoms with Crippen molar-refractivity contribution in [3.05, 3.63) is 42.5 Å². The summed E-state index contributed by atoms with van der Waals surface area (Å²) in [5.41, 5.74) is 1.98. The van der Waals surface area contributed by atoms with Gasteiger partial charge in [-0.3, -0.25) is 0 Å². The molecule has 1 aromatic carbocycles. The van der Waals surface area contributed by atoms with Gasteiger partial charge in [-0.05, 0) is 31.2 Å². The second-order valence-electron chi connectivity index (χ2n) is 2.94. The predicted molar refractivity (Wildman–Crippen MR) is 64.5 cm³/mol. The lowest BCUT2D eigenvalue weighted by Gasteiger charge is -2.00. The average molecular weight is 247 g/mol. The van der Waals surface area contributed by atoms with Crippen LogP contribution >= 0.6 is 24.8 Å². The maximum atomic E-state index is 9.08. The minimum atomic E-state index is 0. The summed E-state index contributed by atoms with van der Waals surface area (Å²) in [6.07, 6.45) is 3.69. The zero-order valence-corrected chi connectivity index (χ0v) is 9.76. The van der Waals surface area contributed by atoms with Crippen molar-refractivity contribution in [3.63, 3.8) is 0 Å². The highest BCUT2D eigenvalue weighted by atomic mass is 35.5. The van der Waals surface area contributed by atoms with E-state index in [1.165, 1.54) is 0 Å². The summed E-state index contributed by atoms with van der Waals surface area (Å²) in [7, 11) is 0. The Morgan fingerprint density at radius 3 is 2.20 bits per heavy atom. The van der Waals surface area contributed by atoms with Crippen LogP contribution in [0.1, 0.15) is 5.69 Å². The van der Waals surface area contributed by atoms with Gasteiger partial charge in [0.15, 0.2) is 0 Å². The first kappa shape index (κ1) is 13.8. The van der Waals surface area contributed by atoms with Crippen molar-refractivity contribution < 1.29 is 5.11 Å². The van der Waals surface area contributed by atoms with Crippen LogP contribution in [-0.4, -0.2) is 14.7 Å². The predicted octanol–water partition coefficient (Wildman–Crippen LogP) is 2.73. The van der Waals surface area contributed by atoms with E-state index in [1.807, 2.05) is 29.8 Å². The van der Waals surface area contributed by atoms with E-state index in [0.29, 0.717) is 0 Å². The van der Waals surface area contributed by atoms with E-state index in [1.54, 1.807) is 18.5 Å². The first-order chi connectivity index (χ1) is 6.25. The first-order valence-electron chi connectivity index (χ1n) is 4.06. The number of phenolic OH excluding ortho intramolecular Hbond substituents is 1. The lowest BCUT2D eigenvalue weighted by Crippen LogP contribution is -1.87. The van der Waals surface area contributed by atoms with Gasteiger partial charge >= 0.3 is 0 Å². The summed E-state index contributed by atoms with van der Waals surface area (Å²) in [6, 6.07) is 7.00. The summed E-state index contributed by atoms with van der Waals surface area (Å²) in [5.74, 6) is 0.278. The quantitative estimate of drug-likeness (QED) is 0.841. The summed E-state index contributed by atoms with van der Waals surface area (Å²) < 4.78 is 1.91. The third kappa shape index (κ3) is 3.15. The molecular formula is C10H12Cl2N2O. The lowest BCUT2D eigenvalue weighted by atomic mass is 10.3. The number of phenols is 1. The number of benzene rings is 1. The van der Waals surface area contributed by atoms with Crippen molar-refractivity contribution in [1.29, 1.82) is 0 Å². The molecule has 0 aliphatic carbocycles. The Morgan fingerprint density at radius 2 is 1.73 bits per heavy atom. The Balaban J connectivity index is 0.000000980. The molecule has 2 aromatic rings. The minimum Gasteiger partial charge on any atom is -0.508 e.